The first-order valence-electron chi connectivity index (χ1n) is 8.84. The molecule has 3 atom stereocenters. The van der Waals surface area contributed by atoms with Crippen molar-refractivity contribution in [2.45, 2.75) is 70.6 Å². The maximum atomic E-state index is 9.49. The minimum absolute atomic E-state index is 0.0813. The van der Waals surface area contributed by atoms with E-state index in [1.807, 2.05) is 0 Å². The van der Waals surface area contributed by atoms with Crippen molar-refractivity contribution in [1.29, 1.82) is 0 Å². The Hall–Kier alpha value is -0.240. The Morgan fingerprint density at radius 3 is 2.26 bits per heavy atom. The molecule has 3 unspecified atom stereocenters. The maximum Gasteiger partial charge on any atom is 0.139 e. The fraction of sp³-hybridized carbons (Fsp3) is 1.00. The normalized spacial score (nSPS) is 33.8. The number of hydrogen-bond acceptors (Lipinski definition) is 6. The number of likely N-dealkylation sites (N-methyl/N-ethyl adjacent to an activating group) is 1. The summed E-state index contributed by atoms with van der Waals surface area (Å²) < 4.78 is 11.8. The Balaban J connectivity index is 1.74. The van der Waals surface area contributed by atoms with Gasteiger partial charge in [-0.3, -0.25) is 4.90 Å². The third-order valence-corrected chi connectivity index (χ3v) is 5.04. The average Bonchev–Trinajstić information content (AvgIpc) is 2.42. The fourth-order valence-electron chi connectivity index (χ4n) is 3.75. The highest BCUT2D eigenvalue weighted by Crippen LogP contribution is 2.32. The van der Waals surface area contributed by atoms with Crippen molar-refractivity contribution < 1.29 is 14.7 Å². The zero-order valence-electron chi connectivity index (χ0n) is 15.4. The number of nitrogens with zero attached hydrogens (tertiary/aromatic N) is 2. The van der Waals surface area contributed by atoms with Gasteiger partial charge >= 0.3 is 0 Å². The minimum Gasteiger partial charge on any atom is -0.366 e. The topological polar surface area (TPSA) is 71.2 Å². The molecule has 1 heterocycles. The summed E-state index contributed by atoms with van der Waals surface area (Å²) in [6.45, 7) is 7.99. The van der Waals surface area contributed by atoms with Crippen LogP contribution >= 0.6 is 0 Å². The van der Waals surface area contributed by atoms with Crippen LogP contribution in [0.4, 0.5) is 0 Å². The molecule has 1 saturated carbocycles. The first kappa shape index (κ1) is 19.1. The van der Waals surface area contributed by atoms with E-state index < -0.39 is 0 Å². The van der Waals surface area contributed by atoms with Crippen LogP contribution in [-0.4, -0.2) is 66.5 Å². The lowest BCUT2D eigenvalue weighted by Crippen LogP contribution is -2.58. The molecule has 0 aromatic rings. The monoisotopic (exact) mass is 329 g/mol. The Bertz CT molecular complexity index is 365. The van der Waals surface area contributed by atoms with E-state index in [1.165, 1.54) is 0 Å². The van der Waals surface area contributed by atoms with Crippen LogP contribution in [0, 0.1) is 11.8 Å². The molecule has 3 N–H and O–H groups in total. The van der Waals surface area contributed by atoms with Gasteiger partial charge in [-0.25, -0.2) is 0 Å². The van der Waals surface area contributed by atoms with E-state index in [1.54, 1.807) is 7.05 Å². The van der Waals surface area contributed by atoms with Crippen molar-refractivity contribution in [2.75, 3.05) is 27.2 Å². The van der Waals surface area contributed by atoms with Crippen molar-refractivity contribution in [1.82, 2.24) is 9.96 Å². The zero-order chi connectivity index (χ0) is 17.2. The molecule has 2 rings (SSSR count). The number of nitrogens with two attached hydrogens (primary N) is 1. The number of hydrogen-bond donors (Lipinski definition) is 2. The number of hydroxylamine groups is 2. The summed E-state index contributed by atoms with van der Waals surface area (Å²) in [5, 5.41) is 10.6. The molecule has 136 valence electrons. The van der Waals surface area contributed by atoms with E-state index in [4.69, 9.17) is 15.2 Å². The molecule has 0 amide bonds. The van der Waals surface area contributed by atoms with Crippen LogP contribution in [0.25, 0.3) is 0 Å². The van der Waals surface area contributed by atoms with Gasteiger partial charge in [0.15, 0.2) is 0 Å². The van der Waals surface area contributed by atoms with Crippen LogP contribution in [0.3, 0.4) is 0 Å². The van der Waals surface area contributed by atoms with Crippen molar-refractivity contribution >= 4 is 0 Å². The summed E-state index contributed by atoms with van der Waals surface area (Å²) in [4.78, 5) is 2.29. The van der Waals surface area contributed by atoms with Crippen LogP contribution in [0.15, 0.2) is 0 Å². The van der Waals surface area contributed by atoms with Crippen LogP contribution < -0.4 is 5.73 Å². The Labute approximate surface area is 140 Å². The molecule has 0 spiro atoms. The Kier molecular flexibility index (Phi) is 6.44. The average molecular weight is 329 g/mol. The molecular weight excluding hydrogens is 294 g/mol. The SMILES string of the molecule is CN(O)C(N)C1CCC(CN(C)C2OCC2OC(C)(C)C)CC1. The van der Waals surface area contributed by atoms with Gasteiger partial charge in [0.05, 0.1) is 18.4 Å². The van der Waals surface area contributed by atoms with E-state index in [-0.39, 0.29) is 24.1 Å². The summed E-state index contributed by atoms with van der Waals surface area (Å²) in [5.74, 6) is 1.07. The molecule has 2 fully saturated rings. The summed E-state index contributed by atoms with van der Waals surface area (Å²) in [7, 11) is 3.76. The van der Waals surface area contributed by atoms with Gasteiger partial charge in [-0.05, 0) is 65.3 Å². The van der Waals surface area contributed by atoms with E-state index >= 15 is 0 Å². The summed E-state index contributed by atoms with van der Waals surface area (Å²) in [6, 6.07) is 0. The van der Waals surface area contributed by atoms with Gasteiger partial charge < -0.3 is 20.4 Å². The smallest absolute Gasteiger partial charge is 0.139 e. The first-order chi connectivity index (χ1) is 10.7. The predicted octanol–water partition coefficient (Wildman–Crippen LogP) is 1.87. The second-order valence-corrected chi connectivity index (χ2v) is 8.28. The highest BCUT2D eigenvalue weighted by atomic mass is 16.6. The summed E-state index contributed by atoms with van der Waals surface area (Å²) in [5.41, 5.74) is 5.90. The van der Waals surface area contributed by atoms with E-state index in [0.29, 0.717) is 18.4 Å². The fourth-order valence-corrected chi connectivity index (χ4v) is 3.75. The highest BCUT2D eigenvalue weighted by molar-refractivity contribution is 4.84. The van der Waals surface area contributed by atoms with Crippen LogP contribution in [0.5, 0.6) is 0 Å². The second kappa shape index (κ2) is 7.76. The molecule has 0 bridgehead atoms. The molecule has 1 aliphatic carbocycles. The molecule has 23 heavy (non-hydrogen) atoms. The third kappa shape index (κ3) is 5.37. The van der Waals surface area contributed by atoms with Gasteiger partial charge in [0.2, 0.25) is 0 Å². The van der Waals surface area contributed by atoms with Crippen molar-refractivity contribution in [3.8, 4) is 0 Å². The van der Waals surface area contributed by atoms with Gasteiger partial charge in [0.25, 0.3) is 0 Å². The van der Waals surface area contributed by atoms with E-state index in [2.05, 4.69) is 32.7 Å². The summed E-state index contributed by atoms with van der Waals surface area (Å²) in [6.07, 6.45) is 4.50. The number of ether oxygens (including phenoxy) is 2. The third-order valence-electron chi connectivity index (χ3n) is 5.04. The standard InChI is InChI=1S/C17H35N3O3/c1-17(2,3)23-14-11-22-16(14)19(4)10-12-6-8-13(9-7-12)15(18)20(5)21/h12-16,21H,6-11,18H2,1-5H3. The van der Waals surface area contributed by atoms with Gasteiger partial charge in [0.1, 0.15) is 12.3 Å². The maximum absolute atomic E-state index is 9.49. The lowest BCUT2D eigenvalue weighted by atomic mass is 9.80. The molecule has 2 aliphatic rings. The predicted molar refractivity (Wildman–Crippen MR) is 90.0 cm³/mol. The summed E-state index contributed by atoms with van der Waals surface area (Å²) >= 11 is 0. The van der Waals surface area contributed by atoms with Crippen molar-refractivity contribution in [2.24, 2.45) is 17.6 Å². The number of rotatable bonds is 6. The highest BCUT2D eigenvalue weighted by Gasteiger charge is 2.39. The molecule has 1 saturated heterocycles. The van der Waals surface area contributed by atoms with Gasteiger partial charge in [0, 0.05) is 13.6 Å². The molecule has 1 aliphatic heterocycles. The van der Waals surface area contributed by atoms with Crippen LogP contribution in [0.2, 0.25) is 0 Å². The first-order valence-corrected chi connectivity index (χ1v) is 8.84. The molecule has 6 heteroatoms. The minimum atomic E-state index is -0.242. The quantitative estimate of drug-likeness (QED) is 0.573. The molecule has 0 aromatic heterocycles. The van der Waals surface area contributed by atoms with Crippen LogP contribution in [0.1, 0.15) is 46.5 Å². The zero-order valence-corrected chi connectivity index (χ0v) is 15.4. The Morgan fingerprint density at radius 2 is 1.83 bits per heavy atom. The largest absolute Gasteiger partial charge is 0.366 e. The van der Waals surface area contributed by atoms with Crippen LogP contribution in [-0.2, 0) is 9.47 Å². The Morgan fingerprint density at radius 1 is 1.22 bits per heavy atom. The van der Waals surface area contributed by atoms with Gasteiger partial charge in [-0.15, -0.1) is 0 Å². The molecule has 0 radical (unpaired) electrons. The second-order valence-electron chi connectivity index (χ2n) is 8.28. The molecular formula is C17H35N3O3. The lowest BCUT2D eigenvalue weighted by molar-refractivity contribution is -0.267. The van der Waals surface area contributed by atoms with Gasteiger partial charge in [-0.2, -0.15) is 5.06 Å². The van der Waals surface area contributed by atoms with E-state index in [9.17, 15) is 5.21 Å². The van der Waals surface area contributed by atoms with Crippen molar-refractivity contribution in [3.05, 3.63) is 0 Å². The lowest BCUT2D eigenvalue weighted by Gasteiger charge is -2.46. The van der Waals surface area contributed by atoms with E-state index in [0.717, 1.165) is 37.3 Å². The molecule has 6 nitrogen and oxygen atoms in total. The molecule has 0 aromatic carbocycles. The van der Waals surface area contributed by atoms with Crippen molar-refractivity contribution in [3.63, 3.8) is 0 Å². The van der Waals surface area contributed by atoms with Gasteiger partial charge in [-0.1, -0.05) is 0 Å².